The van der Waals surface area contributed by atoms with E-state index in [0.717, 1.165) is 15.2 Å². The van der Waals surface area contributed by atoms with E-state index in [0.29, 0.717) is 17.3 Å². The van der Waals surface area contributed by atoms with E-state index in [1.807, 2.05) is 30.3 Å². The van der Waals surface area contributed by atoms with E-state index in [9.17, 15) is 4.79 Å². The Morgan fingerprint density at radius 1 is 1.18 bits per heavy atom. The molecule has 1 heterocycles. The zero-order chi connectivity index (χ0) is 15.4. The summed E-state index contributed by atoms with van der Waals surface area (Å²) in [5.74, 6) is 0.290. The summed E-state index contributed by atoms with van der Waals surface area (Å²) in [5, 5.41) is 4.15. The van der Waals surface area contributed by atoms with Gasteiger partial charge in [0, 0.05) is 0 Å². The molecule has 1 N–H and O–H groups in total. The van der Waals surface area contributed by atoms with Crippen molar-refractivity contribution in [1.82, 2.24) is 10.3 Å². The van der Waals surface area contributed by atoms with E-state index in [-0.39, 0.29) is 12.5 Å². The van der Waals surface area contributed by atoms with E-state index in [1.54, 1.807) is 29.5 Å². The van der Waals surface area contributed by atoms with Gasteiger partial charge in [-0.15, -0.1) is 11.3 Å². The van der Waals surface area contributed by atoms with Gasteiger partial charge in [0.05, 0.1) is 21.8 Å². The summed E-state index contributed by atoms with van der Waals surface area (Å²) in [6.07, 6.45) is 0. The van der Waals surface area contributed by atoms with Crippen LogP contribution in [-0.4, -0.2) is 17.5 Å². The standard InChI is InChI=1S/C16H13ClN2O2S/c17-11-5-1-3-7-13(11)21-10-15(20)18-9-16-19-12-6-2-4-8-14(12)22-16/h1-8H,9-10H2,(H,18,20). The summed E-state index contributed by atoms with van der Waals surface area (Å²) in [4.78, 5) is 16.3. The Bertz CT molecular complexity index is 770. The van der Waals surface area contributed by atoms with Crippen molar-refractivity contribution in [3.05, 3.63) is 58.6 Å². The van der Waals surface area contributed by atoms with Crippen LogP contribution in [0.25, 0.3) is 10.2 Å². The molecule has 0 saturated heterocycles. The molecule has 22 heavy (non-hydrogen) atoms. The number of halogens is 1. The summed E-state index contributed by atoms with van der Waals surface area (Å²) < 4.78 is 6.50. The first-order chi connectivity index (χ1) is 10.7. The number of thiazole rings is 1. The quantitative estimate of drug-likeness (QED) is 0.776. The minimum absolute atomic E-state index is 0.0748. The lowest BCUT2D eigenvalue weighted by Crippen LogP contribution is -2.28. The van der Waals surface area contributed by atoms with Crippen LogP contribution in [0.15, 0.2) is 48.5 Å². The molecule has 6 heteroatoms. The lowest BCUT2D eigenvalue weighted by atomic mass is 10.3. The summed E-state index contributed by atoms with van der Waals surface area (Å²) >= 11 is 7.53. The maximum absolute atomic E-state index is 11.8. The van der Waals surface area contributed by atoms with Gasteiger partial charge in [-0.25, -0.2) is 4.98 Å². The molecular weight excluding hydrogens is 320 g/mol. The molecule has 0 aliphatic carbocycles. The molecule has 0 radical (unpaired) electrons. The number of amides is 1. The van der Waals surface area contributed by atoms with E-state index in [1.165, 1.54) is 0 Å². The van der Waals surface area contributed by atoms with Crippen molar-refractivity contribution >= 4 is 39.1 Å². The molecule has 4 nitrogen and oxygen atoms in total. The van der Waals surface area contributed by atoms with Gasteiger partial charge in [-0.2, -0.15) is 0 Å². The van der Waals surface area contributed by atoms with Crippen LogP contribution >= 0.6 is 22.9 Å². The number of aromatic nitrogens is 1. The van der Waals surface area contributed by atoms with Gasteiger partial charge in [-0.05, 0) is 24.3 Å². The van der Waals surface area contributed by atoms with Crippen molar-refractivity contribution < 1.29 is 9.53 Å². The predicted octanol–water partition coefficient (Wildman–Crippen LogP) is 3.64. The lowest BCUT2D eigenvalue weighted by molar-refractivity contribution is -0.123. The zero-order valence-corrected chi connectivity index (χ0v) is 13.2. The molecule has 0 bridgehead atoms. The van der Waals surface area contributed by atoms with Crippen LogP contribution in [0.1, 0.15) is 5.01 Å². The van der Waals surface area contributed by atoms with Crippen molar-refractivity contribution in [2.45, 2.75) is 6.54 Å². The van der Waals surface area contributed by atoms with Crippen LogP contribution in [0.4, 0.5) is 0 Å². The van der Waals surface area contributed by atoms with Crippen molar-refractivity contribution in [3.63, 3.8) is 0 Å². The van der Waals surface area contributed by atoms with Gasteiger partial charge in [-0.3, -0.25) is 4.79 Å². The van der Waals surface area contributed by atoms with Gasteiger partial charge in [0.15, 0.2) is 6.61 Å². The van der Waals surface area contributed by atoms with Crippen molar-refractivity contribution in [2.24, 2.45) is 0 Å². The fourth-order valence-electron chi connectivity index (χ4n) is 1.93. The highest BCUT2D eigenvalue weighted by Crippen LogP contribution is 2.23. The molecule has 0 aliphatic heterocycles. The second-order valence-corrected chi connectivity index (χ2v) is 6.09. The molecule has 1 amide bonds. The molecule has 2 aromatic carbocycles. The van der Waals surface area contributed by atoms with Crippen LogP contribution in [0.2, 0.25) is 5.02 Å². The normalized spacial score (nSPS) is 10.6. The van der Waals surface area contributed by atoms with E-state index in [2.05, 4.69) is 10.3 Å². The molecule has 0 aliphatic rings. The number of hydrogen-bond acceptors (Lipinski definition) is 4. The Morgan fingerprint density at radius 3 is 2.77 bits per heavy atom. The molecule has 0 spiro atoms. The summed E-state index contributed by atoms with van der Waals surface area (Å²) in [5.41, 5.74) is 0.948. The summed E-state index contributed by atoms with van der Waals surface area (Å²) in [7, 11) is 0. The largest absolute Gasteiger partial charge is 0.482 e. The van der Waals surface area contributed by atoms with Crippen LogP contribution in [0.3, 0.4) is 0 Å². The summed E-state index contributed by atoms with van der Waals surface area (Å²) in [6.45, 7) is 0.318. The summed E-state index contributed by atoms with van der Waals surface area (Å²) in [6, 6.07) is 14.9. The molecule has 3 rings (SSSR count). The monoisotopic (exact) mass is 332 g/mol. The number of ether oxygens (including phenoxy) is 1. The number of para-hydroxylation sites is 2. The van der Waals surface area contributed by atoms with Crippen LogP contribution in [0, 0.1) is 0 Å². The first-order valence-electron chi connectivity index (χ1n) is 6.71. The fourth-order valence-corrected chi connectivity index (χ4v) is 3.02. The molecular formula is C16H13ClN2O2S. The molecule has 0 atom stereocenters. The molecule has 112 valence electrons. The van der Waals surface area contributed by atoms with Crippen molar-refractivity contribution in [3.8, 4) is 5.75 Å². The van der Waals surface area contributed by atoms with Crippen LogP contribution in [0.5, 0.6) is 5.75 Å². The van der Waals surface area contributed by atoms with Gasteiger partial charge in [0.25, 0.3) is 5.91 Å². The SMILES string of the molecule is O=C(COc1ccccc1Cl)NCc1nc2ccccc2s1. The first kappa shape index (κ1) is 14.8. The zero-order valence-electron chi connectivity index (χ0n) is 11.6. The van der Waals surface area contributed by atoms with Gasteiger partial charge < -0.3 is 10.1 Å². The minimum atomic E-state index is -0.209. The number of nitrogens with one attached hydrogen (secondary N) is 1. The molecule has 0 fully saturated rings. The van der Waals surface area contributed by atoms with Gasteiger partial charge in [0.2, 0.25) is 0 Å². The smallest absolute Gasteiger partial charge is 0.258 e. The number of nitrogens with zero attached hydrogens (tertiary/aromatic N) is 1. The topological polar surface area (TPSA) is 51.2 Å². The van der Waals surface area contributed by atoms with Crippen molar-refractivity contribution in [2.75, 3.05) is 6.61 Å². The van der Waals surface area contributed by atoms with Crippen molar-refractivity contribution in [1.29, 1.82) is 0 Å². The number of carbonyl (C=O) groups is 1. The molecule has 0 saturated carbocycles. The van der Waals surface area contributed by atoms with Gasteiger partial charge in [-0.1, -0.05) is 35.9 Å². The highest BCUT2D eigenvalue weighted by atomic mass is 35.5. The maximum atomic E-state index is 11.8. The van der Waals surface area contributed by atoms with Gasteiger partial charge >= 0.3 is 0 Å². The third-order valence-electron chi connectivity index (χ3n) is 2.97. The Labute approximate surface area is 136 Å². The first-order valence-corrected chi connectivity index (χ1v) is 7.90. The number of carbonyl (C=O) groups excluding carboxylic acids is 1. The van der Waals surface area contributed by atoms with E-state index < -0.39 is 0 Å². The van der Waals surface area contributed by atoms with Crippen LogP contribution in [-0.2, 0) is 11.3 Å². The highest BCUT2D eigenvalue weighted by molar-refractivity contribution is 7.18. The average Bonchev–Trinajstić information content (AvgIpc) is 2.95. The third-order valence-corrected chi connectivity index (χ3v) is 4.32. The number of hydrogen-bond donors (Lipinski definition) is 1. The highest BCUT2D eigenvalue weighted by Gasteiger charge is 2.07. The second-order valence-electron chi connectivity index (χ2n) is 4.57. The Balaban J connectivity index is 1.53. The maximum Gasteiger partial charge on any atom is 0.258 e. The Hall–Kier alpha value is -2.11. The van der Waals surface area contributed by atoms with E-state index in [4.69, 9.17) is 16.3 Å². The van der Waals surface area contributed by atoms with E-state index >= 15 is 0 Å². The number of rotatable bonds is 5. The Kier molecular flexibility index (Phi) is 4.56. The molecule has 1 aromatic heterocycles. The van der Waals surface area contributed by atoms with Gasteiger partial charge in [0.1, 0.15) is 10.8 Å². The third kappa shape index (κ3) is 3.55. The lowest BCUT2D eigenvalue weighted by Gasteiger charge is -2.07. The fraction of sp³-hybridized carbons (Fsp3) is 0.125. The minimum Gasteiger partial charge on any atom is -0.482 e. The number of benzene rings is 2. The van der Waals surface area contributed by atoms with Crippen LogP contribution < -0.4 is 10.1 Å². The predicted molar refractivity (Wildman–Crippen MR) is 88.4 cm³/mol. The molecule has 3 aromatic rings. The average molecular weight is 333 g/mol. The number of fused-ring (bicyclic) bond motifs is 1. The Morgan fingerprint density at radius 2 is 1.95 bits per heavy atom. The second kappa shape index (κ2) is 6.77. The molecule has 0 unspecified atom stereocenters.